The number of benzene rings is 5. The van der Waals surface area contributed by atoms with Crippen molar-refractivity contribution in [1.82, 2.24) is 15.0 Å². The van der Waals surface area contributed by atoms with Crippen molar-refractivity contribution in [3.05, 3.63) is 163 Å². The molecule has 2 atom stereocenters. The van der Waals surface area contributed by atoms with Crippen LogP contribution in [0.1, 0.15) is 17.0 Å². The third kappa shape index (κ3) is 4.90. The molecule has 8 rings (SSSR count). The maximum atomic E-state index is 5.00. The van der Waals surface area contributed by atoms with Crippen molar-refractivity contribution in [1.29, 1.82) is 0 Å². The van der Waals surface area contributed by atoms with Crippen molar-refractivity contribution in [3.63, 3.8) is 0 Å². The molecule has 0 bridgehead atoms. The first-order chi connectivity index (χ1) is 21.3. The van der Waals surface area contributed by atoms with Crippen molar-refractivity contribution in [2.24, 2.45) is 0 Å². The predicted octanol–water partition coefficient (Wildman–Crippen LogP) is 9.75. The average Bonchev–Trinajstić information content (AvgIpc) is 3.48. The van der Waals surface area contributed by atoms with Gasteiger partial charge in [-0.25, -0.2) is 15.0 Å². The van der Waals surface area contributed by atoms with Crippen molar-refractivity contribution in [2.75, 3.05) is 0 Å². The Morgan fingerprint density at radius 2 is 1.02 bits per heavy atom. The summed E-state index contributed by atoms with van der Waals surface area (Å²) < 4.78 is 0. The Labute approximate surface area is 255 Å². The lowest BCUT2D eigenvalue weighted by molar-refractivity contribution is 0.893. The van der Waals surface area contributed by atoms with Gasteiger partial charge in [0.2, 0.25) is 0 Å². The fraction of sp³-hybridized carbons (Fsp3) is 0.0513. The number of rotatable bonds is 5. The van der Waals surface area contributed by atoms with E-state index in [-0.39, 0.29) is 0 Å². The summed E-state index contributed by atoms with van der Waals surface area (Å²) in [7, 11) is 0. The molecule has 4 heteroatoms. The zero-order chi connectivity index (χ0) is 28.6. The fourth-order valence-corrected chi connectivity index (χ4v) is 7.46. The molecule has 0 fully saturated rings. The molecule has 1 aliphatic carbocycles. The van der Waals surface area contributed by atoms with Crippen LogP contribution in [0.4, 0.5) is 0 Å². The lowest BCUT2D eigenvalue weighted by Crippen LogP contribution is -2.13. The summed E-state index contributed by atoms with van der Waals surface area (Å²) in [5, 5.41) is 0.388. The van der Waals surface area contributed by atoms with Crippen LogP contribution in [0.3, 0.4) is 0 Å². The minimum Gasteiger partial charge on any atom is -0.208 e. The molecule has 0 N–H and O–H groups in total. The average molecular weight is 570 g/mol. The zero-order valence-corrected chi connectivity index (χ0v) is 24.2. The van der Waals surface area contributed by atoms with E-state index >= 15 is 0 Å². The summed E-state index contributed by atoms with van der Waals surface area (Å²) in [6, 6.07) is 46.4. The van der Waals surface area contributed by atoms with Gasteiger partial charge in [-0.3, -0.25) is 0 Å². The van der Waals surface area contributed by atoms with Gasteiger partial charge in [-0.05, 0) is 40.0 Å². The molecule has 0 spiro atoms. The lowest BCUT2D eigenvalue weighted by atomic mass is 9.85. The Bertz CT molecular complexity index is 2000. The standard InChI is InChI=1S/C39H27N3S/c1-3-11-26(12-4-1)30-15-9-16-31(25-30)39-41-37(28-13-5-2-6-14-28)40-38(42-39)29-23-21-27(22-24-29)32-18-10-19-34-33-17-7-8-20-35(33)43-36(32)34/h1-25,34,36H. The predicted molar refractivity (Wildman–Crippen MR) is 178 cm³/mol. The van der Waals surface area contributed by atoms with Gasteiger partial charge in [0.25, 0.3) is 0 Å². The van der Waals surface area contributed by atoms with Gasteiger partial charge in [0.1, 0.15) is 0 Å². The van der Waals surface area contributed by atoms with E-state index in [1.807, 2.05) is 48.2 Å². The van der Waals surface area contributed by atoms with Crippen LogP contribution in [0.25, 0.3) is 50.9 Å². The molecule has 2 aliphatic rings. The summed E-state index contributed by atoms with van der Waals surface area (Å²) in [6.07, 6.45) is 6.82. The van der Waals surface area contributed by atoms with E-state index < -0.39 is 0 Å². The number of nitrogens with zero attached hydrogens (tertiary/aromatic N) is 3. The second kappa shape index (κ2) is 11.0. The second-order valence-corrected chi connectivity index (χ2v) is 12.0. The molecule has 0 amide bonds. The van der Waals surface area contributed by atoms with Gasteiger partial charge in [-0.2, -0.15) is 0 Å². The number of aromatic nitrogens is 3. The first-order valence-electron chi connectivity index (χ1n) is 14.5. The van der Waals surface area contributed by atoms with Crippen LogP contribution >= 0.6 is 11.8 Å². The van der Waals surface area contributed by atoms with Crippen molar-refractivity contribution < 1.29 is 0 Å². The fourth-order valence-electron chi connectivity index (χ4n) is 5.96. The number of hydrogen-bond donors (Lipinski definition) is 0. The van der Waals surface area contributed by atoms with Crippen molar-refractivity contribution in [2.45, 2.75) is 16.1 Å². The number of hydrogen-bond acceptors (Lipinski definition) is 4. The maximum absolute atomic E-state index is 5.00. The molecule has 1 aliphatic heterocycles. The maximum Gasteiger partial charge on any atom is 0.164 e. The summed E-state index contributed by atoms with van der Waals surface area (Å²) >= 11 is 1.97. The summed E-state index contributed by atoms with van der Waals surface area (Å²) in [5.41, 5.74) is 9.21. The van der Waals surface area contributed by atoms with E-state index in [1.54, 1.807) is 0 Å². The Hall–Kier alpha value is -5.06. The van der Waals surface area contributed by atoms with Gasteiger partial charge >= 0.3 is 0 Å². The monoisotopic (exact) mass is 569 g/mol. The van der Waals surface area contributed by atoms with E-state index in [2.05, 4.69) is 115 Å². The summed E-state index contributed by atoms with van der Waals surface area (Å²) in [5.74, 6) is 2.40. The Kier molecular flexibility index (Phi) is 6.54. The molecule has 43 heavy (non-hydrogen) atoms. The summed E-state index contributed by atoms with van der Waals surface area (Å²) in [4.78, 5) is 16.3. The SMILES string of the molecule is C1=CC2c3ccccc3SC2C(c2ccc(-c3nc(-c4ccccc4)nc(-c4cccc(-c5ccccc5)c4)n3)cc2)=C1. The molecule has 2 heterocycles. The van der Waals surface area contributed by atoms with Crippen LogP contribution < -0.4 is 0 Å². The van der Waals surface area contributed by atoms with Gasteiger partial charge in [-0.1, -0.05) is 140 Å². The van der Waals surface area contributed by atoms with E-state index in [0.717, 1.165) is 27.8 Å². The largest absolute Gasteiger partial charge is 0.208 e. The van der Waals surface area contributed by atoms with Crippen molar-refractivity contribution in [3.8, 4) is 45.3 Å². The molecule has 5 aromatic carbocycles. The highest BCUT2D eigenvalue weighted by Crippen LogP contribution is 2.52. The number of allylic oxidation sites excluding steroid dienone is 3. The zero-order valence-electron chi connectivity index (χ0n) is 23.3. The van der Waals surface area contributed by atoms with Crippen LogP contribution in [0, 0.1) is 0 Å². The summed E-state index contributed by atoms with van der Waals surface area (Å²) in [6.45, 7) is 0. The molecule has 3 nitrogen and oxygen atoms in total. The van der Waals surface area contributed by atoms with E-state index in [1.165, 1.54) is 21.6 Å². The van der Waals surface area contributed by atoms with E-state index in [4.69, 9.17) is 15.0 Å². The molecule has 6 aromatic rings. The number of thioether (sulfide) groups is 1. The molecule has 0 saturated heterocycles. The molecule has 2 unspecified atom stereocenters. The highest BCUT2D eigenvalue weighted by molar-refractivity contribution is 8.00. The van der Waals surface area contributed by atoms with E-state index in [0.29, 0.717) is 28.6 Å². The first-order valence-corrected chi connectivity index (χ1v) is 15.4. The third-order valence-corrected chi connectivity index (χ3v) is 9.56. The van der Waals surface area contributed by atoms with Crippen LogP contribution in [0.5, 0.6) is 0 Å². The van der Waals surface area contributed by atoms with Gasteiger partial charge in [0.15, 0.2) is 17.5 Å². The minimum atomic E-state index is 0.388. The Morgan fingerprint density at radius 1 is 0.465 bits per heavy atom. The van der Waals surface area contributed by atoms with Gasteiger partial charge < -0.3 is 0 Å². The van der Waals surface area contributed by atoms with Crippen LogP contribution in [-0.4, -0.2) is 20.2 Å². The highest BCUT2D eigenvalue weighted by atomic mass is 32.2. The smallest absolute Gasteiger partial charge is 0.164 e. The van der Waals surface area contributed by atoms with Gasteiger partial charge in [-0.15, -0.1) is 11.8 Å². The molecular formula is C39H27N3S. The second-order valence-electron chi connectivity index (χ2n) is 10.8. The van der Waals surface area contributed by atoms with Crippen LogP contribution in [0.15, 0.2) is 157 Å². The highest BCUT2D eigenvalue weighted by Gasteiger charge is 2.35. The molecule has 1 aromatic heterocycles. The molecular weight excluding hydrogens is 543 g/mol. The third-order valence-electron chi connectivity index (χ3n) is 8.13. The van der Waals surface area contributed by atoms with Crippen LogP contribution in [-0.2, 0) is 0 Å². The minimum absolute atomic E-state index is 0.388. The quantitative estimate of drug-likeness (QED) is 0.207. The van der Waals surface area contributed by atoms with Crippen LogP contribution in [0.2, 0.25) is 0 Å². The van der Waals surface area contributed by atoms with Gasteiger partial charge in [0.05, 0.1) is 0 Å². The Morgan fingerprint density at radius 3 is 1.77 bits per heavy atom. The molecule has 204 valence electrons. The van der Waals surface area contributed by atoms with E-state index in [9.17, 15) is 0 Å². The number of fused-ring (bicyclic) bond motifs is 3. The normalized spacial score (nSPS) is 16.8. The van der Waals surface area contributed by atoms with Gasteiger partial charge in [0, 0.05) is 32.8 Å². The molecule has 0 radical (unpaired) electrons. The first kappa shape index (κ1) is 25.6. The lowest BCUT2D eigenvalue weighted by Gasteiger charge is -2.23. The Balaban J connectivity index is 1.17. The van der Waals surface area contributed by atoms with Crippen molar-refractivity contribution >= 4 is 17.3 Å². The molecule has 0 saturated carbocycles. The topological polar surface area (TPSA) is 38.7 Å².